The van der Waals surface area contributed by atoms with Crippen LogP contribution in [-0.2, 0) is 5.54 Å². The van der Waals surface area contributed by atoms with Gasteiger partial charge in [0.2, 0.25) is 5.54 Å². The predicted molar refractivity (Wildman–Crippen MR) is 91.8 cm³/mol. The summed E-state index contributed by atoms with van der Waals surface area (Å²) in [5.41, 5.74) is -3.06. The molecule has 0 amide bonds. The number of hydrogen-bond donors (Lipinski definition) is 2. The second-order valence-electron chi connectivity index (χ2n) is 5.25. The van der Waals surface area contributed by atoms with E-state index in [-0.39, 0.29) is 26.9 Å². The van der Waals surface area contributed by atoms with Crippen LogP contribution in [0.4, 0.5) is 23.2 Å². The summed E-state index contributed by atoms with van der Waals surface area (Å²) < 4.78 is 55.7. The van der Waals surface area contributed by atoms with Crippen molar-refractivity contribution in [2.75, 3.05) is 5.32 Å². The highest BCUT2D eigenvalue weighted by molar-refractivity contribution is 7.80. The summed E-state index contributed by atoms with van der Waals surface area (Å²) >= 11 is 10.8. The Morgan fingerprint density at radius 3 is 2.52 bits per heavy atom. The van der Waals surface area contributed by atoms with Crippen LogP contribution in [0.1, 0.15) is 11.1 Å². The molecule has 25 heavy (non-hydrogen) atoms. The van der Waals surface area contributed by atoms with Crippen LogP contribution in [0.25, 0.3) is 0 Å². The van der Waals surface area contributed by atoms with Crippen molar-refractivity contribution in [2.24, 2.45) is 0 Å². The summed E-state index contributed by atoms with van der Waals surface area (Å²) in [6.07, 6.45) is -4.84. The second kappa shape index (κ2) is 6.21. The molecule has 128 valence electrons. The van der Waals surface area contributed by atoms with Crippen molar-refractivity contribution in [3.05, 3.63) is 64.4 Å². The Balaban J connectivity index is 2.25. The lowest BCUT2D eigenvalue weighted by atomic mass is 9.86. The molecule has 2 N–H and O–H groups in total. The fourth-order valence-corrected chi connectivity index (χ4v) is 2.88. The van der Waals surface area contributed by atoms with Crippen LogP contribution in [0.15, 0.2) is 42.5 Å². The first-order chi connectivity index (χ1) is 11.7. The van der Waals surface area contributed by atoms with E-state index in [0.717, 1.165) is 12.1 Å². The first-order valence-electron chi connectivity index (χ1n) is 6.96. The quantitative estimate of drug-likeness (QED) is 0.395. The Kier molecular flexibility index (Phi) is 4.35. The van der Waals surface area contributed by atoms with Crippen molar-refractivity contribution in [3.63, 3.8) is 0 Å². The minimum atomic E-state index is -4.84. The van der Waals surface area contributed by atoms with Gasteiger partial charge in [0.1, 0.15) is 5.82 Å². The molecular weight excluding hydrogens is 376 g/mol. The molecule has 0 saturated heterocycles. The third kappa shape index (κ3) is 3.15. The number of rotatable bonds is 0. The molecule has 0 saturated carbocycles. The first kappa shape index (κ1) is 17.5. The van der Waals surface area contributed by atoms with Gasteiger partial charge >= 0.3 is 6.18 Å². The third-order valence-electron chi connectivity index (χ3n) is 3.62. The van der Waals surface area contributed by atoms with Gasteiger partial charge in [-0.25, -0.2) is 4.39 Å². The number of fused-ring (bicyclic) bond motifs is 1. The van der Waals surface area contributed by atoms with Gasteiger partial charge in [0, 0.05) is 16.3 Å². The van der Waals surface area contributed by atoms with Crippen molar-refractivity contribution >= 4 is 34.6 Å². The van der Waals surface area contributed by atoms with Gasteiger partial charge in [-0.3, -0.25) is 0 Å². The molecule has 1 heterocycles. The molecule has 0 aromatic heterocycles. The van der Waals surface area contributed by atoms with E-state index in [1.54, 1.807) is 0 Å². The van der Waals surface area contributed by atoms with Crippen LogP contribution in [0.2, 0.25) is 5.02 Å². The lowest BCUT2D eigenvalue weighted by Gasteiger charge is -2.38. The van der Waals surface area contributed by atoms with E-state index >= 15 is 0 Å². The van der Waals surface area contributed by atoms with Crippen LogP contribution >= 0.6 is 23.8 Å². The molecule has 0 spiro atoms. The molecule has 2 aromatic carbocycles. The number of anilines is 1. The molecule has 1 aliphatic rings. The van der Waals surface area contributed by atoms with Gasteiger partial charge in [-0.15, -0.1) is 0 Å². The summed E-state index contributed by atoms with van der Waals surface area (Å²) in [6.45, 7) is 0. The minimum absolute atomic E-state index is 0.108. The summed E-state index contributed by atoms with van der Waals surface area (Å²) in [7, 11) is 0. The van der Waals surface area contributed by atoms with Gasteiger partial charge in [-0.1, -0.05) is 35.6 Å². The van der Waals surface area contributed by atoms with E-state index in [4.69, 9.17) is 23.8 Å². The summed E-state index contributed by atoms with van der Waals surface area (Å²) in [6, 6.07) is 9.30. The minimum Gasteiger partial charge on any atom is -0.335 e. The van der Waals surface area contributed by atoms with Gasteiger partial charge < -0.3 is 10.6 Å². The lowest BCUT2D eigenvalue weighted by Crippen LogP contribution is -2.59. The number of nitrogens with one attached hydrogen (secondary N) is 2. The standard InChI is InChI=1S/C17H9ClF4N2S/c18-11-5-6-14-12(9-11)16(17(20,21)22,24-15(25)23-14)8-7-10-3-1-2-4-13(10)19/h1-6,9H,(H2,23,24,25). The average molecular weight is 385 g/mol. The maximum Gasteiger partial charge on any atom is 0.427 e. The van der Waals surface area contributed by atoms with Crippen LogP contribution in [0.3, 0.4) is 0 Å². The topological polar surface area (TPSA) is 24.1 Å². The summed E-state index contributed by atoms with van der Waals surface area (Å²) in [5.74, 6) is 3.69. The van der Waals surface area contributed by atoms with Crippen LogP contribution < -0.4 is 10.6 Å². The van der Waals surface area contributed by atoms with E-state index in [2.05, 4.69) is 22.5 Å². The number of alkyl halides is 3. The molecular formula is C17H9ClF4N2S. The Bertz CT molecular complexity index is 917. The zero-order chi connectivity index (χ0) is 18.2. The predicted octanol–water partition coefficient (Wildman–Crippen LogP) is 4.59. The highest BCUT2D eigenvalue weighted by Gasteiger charge is 2.58. The van der Waals surface area contributed by atoms with Crippen molar-refractivity contribution in [3.8, 4) is 11.8 Å². The zero-order valence-electron chi connectivity index (χ0n) is 12.3. The first-order valence-corrected chi connectivity index (χ1v) is 7.75. The van der Waals surface area contributed by atoms with E-state index in [1.807, 2.05) is 0 Å². The van der Waals surface area contributed by atoms with E-state index in [0.29, 0.717) is 0 Å². The monoisotopic (exact) mass is 384 g/mol. The largest absolute Gasteiger partial charge is 0.427 e. The molecule has 0 bridgehead atoms. The second-order valence-corrected chi connectivity index (χ2v) is 6.09. The Labute approximate surface area is 151 Å². The van der Waals surface area contributed by atoms with Crippen LogP contribution in [0, 0.1) is 17.7 Å². The Hall–Kier alpha value is -2.30. The third-order valence-corrected chi connectivity index (χ3v) is 4.06. The van der Waals surface area contributed by atoms with E-state index in [1.165, 1.54) is 30.3 Å². The fraction of sp³-hybridized carbons (Fsp3) is 0.118. The molecule has 0 radical (unpaired) electrons. The van der Waals surface area contributed by atoms with Gasteiger partial charge in [0.15, 0.2) is 5.11 Å². The molecule has 1 unspecified atom stereocenters. The van der Waals surface area contributed by atoms with E-state index < -0.39 is 17.5 Å². The molecule has 2 nitrogen and oxygen atoms in total. The summed E-state index contributed by atoms with van der Waals surface area (Å²) in [4.78, 5) is 0. The van der Waals surface area contributed by atoms with Crippen molar-refractivity contribution < 1.29 is 17.6 Å². The highest BCUT2D eigenvalue weighted by Crippen LogP contribution is 2.44. The van der Waals surface area contributed by atoms with Gasteiger partial charge in [0.05, 0.1) is 5.56 Å². The Morgan fingerprint density at radius 2 is 1.84 bits per heavy atom. The van der Waals surface area contributed by atoms with Gasteiger partial charge in [0.25, 0.3) is 0 Å². The molecule has 3 rings (SSSR count). The number of thiocarbonyl (C=S) groups is 1. The number of benzene rings is 2. The molecule has 0 aliphatic carbocycles. The molecule has 0 fully saturated rings. The fourth-order valence-electron chi connectivity index (χ4n) is 2.44. The van der Waals surface area contributed by atoms with Crippen molar-refractivity contribution in [2.45, 2.75) is 11.7 Å². The molecule has 1 aliphatic heterocycles. The maximum atomic E-state index is 14.0. The van der Waals surface area contributed by atoms with Crippen LogP contribution in [0.5, 0.6) is 0 Å². The average Bonchev–Trinajstić information content (AvgIpc) is 2.53. The van der Waals surface area contributed by atoms with Crippen molar-refractivity contribution in [1.82, 2.24) is 5.32 Å². The Morgan fingerprint density at radius 1 is 1.12 bits per heavy atom. The summed E-state index contributed by atoms with van der Waals surface area (Å²) in [5, 5.41) is 4.69. The number of halogens is 5. The van der Waals surface area contributed by atoms with Crippen LogP contribution in [-0.4, -0.2) is 11.3 Å². The van der Waals surface area contributed by atoms with Gasteiger partial charge in [-0.05, 0) is 42.5 Å². The van der Waals surface area contributed by atoms with E-state index in [9.17, 15) is 17.6 Å². The zero-order valence-corrected chi connectivity index (χ0v) is 13.9. The lowest BCUT2D eigenvalue weighted by molar-refractivity contribution is -0.177. The smallest absolute Gasteiger partial charge is 0.335 e. The maximum absolute atomic E-state index is 14.0. The normalized spacial score (nSPS) is 19.2. The highest BCUT2D eigenvalue weighted by atomic mass is 35.5. The number of hydrogen-bond acceptors (Lipinski definition) is 1. The van der Waals surface area contributed by atoms with Gasteiger partial charge in [-0.2, -0.15) is 13.2 Å². The molecule has 1 atom stereocenters. The molecule has 8 heteroatoms. The molecule has 2 aromatic rings. The van der Waals surface area contributed by atoms with Crippen molar-refractivity contribution in [1.29, 1.82) is 0 Å². The SMILES string of the molecule is Fc1ccccc1C#CC1(C(F)(F)F)NC(=S)Nc2ccc(Cl)cc21.